The van der Waals surface area contributed by atoms with E-state index in [9.17, 15) is 22.8 Å². The molecule has 0 aliphatic carbocycles. The number of hydrogen-bond donors (Lipinski definition) is 1. The van der Waals surface area contributed by atoms with Crippen LogP contribution in [-0.4, -0.2) is 21.0 Å². The summed E-state index contributed by atoms with van der Waals surface area (Å²) in [5, 5.41) is 2.43. The Morgan fingerprint density at radius 1 is 1.10 bits per heavy atom. The van der Waals surface area contributed by atoms with Gasteiger partial charge in [0.15, 0.2) is 0 Å². The molecule has 0 saturated heterocycles. The van der Waals surface area contributed by atoms with Crippen LogP contribution < -0.4 is 10.9 Å². The minimum Gasteiger partial charge on any atom is -0.443 e. The topological polar surface area (TPSA) is 65.3 Å². The molecule has 0 fully saturated rings. The molecule has 0 bridgehead atoms. The summed E-state index contributed by atoms with van der Waals surface area (Å²) < 4.78 is 45.1. The number of rotatable bonds is 5. The van der Waals surface area contributed by atoms with E-state index in [2.05, 4.69) is 5.32 Å². The molecule has 1 amide bonds. The average molecular weight is 423 g/mol. The summed E-state index contributed by atoms with van der Waals surface area (Å²) in [6.07, 6.45) is -0.791. The van der Waals surface area contributed by atoms with Crippen molar-refractivity contribution in [1.29, 1.82) is 0 Å². The van der Waals surface area contributed by atoms with Crippen molar-refractivity contribution < 1.29 is 22.7 Å². The highest BCUT2D eigenvalue weighted by molar-refractivity contribution is 8.00. The monoisotopic (exact) mass is 423 g/mol. The van der Waals surface area contributed by atoms with Crippen molar-refractivity contribution in [3.63, 3.8) is 0 Å². The fraction of sp³-hybridized carbons (Fsp3) is 0.158. The number of nitrogens with zero attached hydrogens (tertiary/aromatic N) is 2. The summed E-state index contributed by atoms with van der Waals surface area (Å²) in [5.41, 5.74) is -3.20. The number of anilines is 1. The van der Waals surface area contributed by atoms with Crippen LogP contribution in [0.2, 0.25) is 0 Å². The standard InChI is InChI=1S/C19H16F3N3O3S/c1-24-15(11-17(26)25(24)14-5-3-2-4-6-14)12-28-18(27)23-13-7-9-16(10-8-13)29-19(20,21)22/h2-11H,12H2,1H3,(H,23,27). The Morgan fingerprint density at radius 2 is 1.76 bits per heavy atom. The van der Waals surface area contributed by atoms with Crippen LogP contribution in [0.15, 0.2) is 70.4 Å². The fourth-order valence-corrected chi connectivity index (χ4v) is 3.15. The number of alkyl halides is 3. The molecule has 2 aromatic carbocycles. The lowest BCUT2D eigenvalue weighted by Gasteiger charge is -2.11. The van der Waals surface area contributed by atoms with Crippen molar-refractivity contribution in [1.82, 2.24) is 9.36 Å². The molecule has 3 aromatic rings. The number of hydrogen-bond acceptors (Lipinski definition) is 4. The Labute approximate surface area is 167 Å². The maximum absolute atomic E-state index is 12.3. The molecular formula is C19H16F3N3O3S. The lowest BCUT2D eigenvalue weighted by atomic mass is 10.3. The van der Waals surface area contributed by atoms with E-state index in [-0.39, 0.29) is 34.5 Å². The third kappa shape index (κ3) is 5.44. The van der Waals surface area contributed by atoms with Gasteiger partial charge in [-0.3, -0.25) is 14.8 Å². The van der Waals surface area contributed by atoms with Gasteiger partial charge in [0, 0.05) is 23.7 Å². The van der Waals surface area contributed by atoms with Crippen LogP contribution in [0.25, 0.3) is 5.69 Å². The summed E-state index contributed by atoms with van der Waals surface area (Å²) in [6, 6.07) is 15.5. The Balaban J connectivity index is 1.61. The molecule has 0 spiro atoms. The van der Waals surface area contributed by atoms with E-state index in [1.54, 1.807) is 36.0 Å². The first-order valence-corrected chi connectivity index (χ1v) is 9.17. The van der Waals surface area contributed by atoms with E-state index in [1.165, 1.54) is 35.0 Å². The molecule has 0 aliphatic rings. The summed E-state index contributed by atoms with van der Waals surface area (Å²) in [7, 11) is 1.67. The van der Waals surface area contributed by atoms with Crippen molar-refractivity contribution in [2.24, 2.45) is 7.05 Å². The number of thioether (sulfide) groups is 1. The first-order chi connectivity index (χ1) is 13.7. The minimum atomic E-state index is -4.38. The van der Waals surface area contributed by atoms with Crippen molar-refractivity contribution in [3.05, 3.63) is 76.7 Å². The lowest BCUT2D eigenvalue weighted by Crippen LogP contribution is -2.20. The second kappa shape index (κ2) is 8.48. The maximum Gasteiger partial charge on any atom is 0.446 e. The van der Waals surface area contributed by atoms with Crippen LogP contribution in [0.1, 0.15) is 5.69 Å². The molecule has 1 heterocycles. The van der Waals surface area contributed by atoms with Crippen molar-refractivity contribution >= 4 is 23.5 Å². The first-order valence-electron chi connectivity index (χ1n) is 8.36. The Morgan fingerprint density at radius 3 is 2.38 bits per heavy atom. The number of ether oxygens (including phenoxy) is 1. The first kappa shape index (κ1) is 20.6. The predicted molar refractivity (Wildman–Crippen MR) is 103 cm³/mol. The van der Waals surface area contributed by atoms with Gasteiger partial charge in [0.25, 0.3) is 5.56 Å². The molecule has 1 N–H and O–H groups in total. The molecule has 1 aromatic heterocycles. The number of aromatic nitrogens is 2. The highest BCUT2D eigenvalue weighted by Gasteiger charge is 2.29. The van der Waals surface area contributed by atoms with Gasteiger partial charge in [0.1, 0.15) is 6.61 Å². The number of benzene rings is 2. The van der Waals surface area contributed by atoms with Crippen LogP contribution in [-0.2, 0) is 18.4 Å². The molecule has 6 nitrogen and oxygen atoms in total. The molecule has 3 rings (SSSR count). The van der Waals surface area contributed by atoms with Gasteiger partial charge < -0.3 is 4.74 Å². The normalized spacial score (nSPS) is 11.3. The van der Waals surface area contributed by atoms with Gasteiger partial charge in [-0.1, -0.05) is 18.2 Å². The van der Waals surface area contributed by atoms with E-state index < -0.39 is 11.6 Å². The lowest BCUT2D eigenvalue weighted by molar-refractivity contribution is -0.0328. The van der Waals surface area contributed by atoms with Gasteiger partial charge in [0.2, 0.25) is 0 Å². The highest BCUT2D eigenvalue weighted by Crippen LogP contribution is 2.37. The molecule has 0 unspecified atom stereocenters. The van der Waals surface area contributed by atoms with Gasteiger partial charge >= 0.3 is 11.6 Å². The zero-order valence-corrected chi connectivity index (χ0v) is 16.0. The summed E-state index contributed by atoms with van der Waals surface area (Å²) in [5.74, 6) is 0. The quantitative estimate of drug-likeness (QED) is 0.612. The van der Waals surface area contributed by atoms with Gasteiger partial charge in [-0.2, -0.15) is 13.2 Å². The largest absolute Gasteiger partial charge is 0.446 e. The minimum absolute atomic E-state index is 0.00803. The van der Waals surface area contributed by atoms with Crippen LogP contribution in [0, 0.1) is 0 Å². The molecule has 0 radical (unpaired) electrons. The predicted octanol–water partition coefficient (Wildman–Crippen LogP) is 4.54. The molecular weight excluding hydrogens is 407 g/mol. The number of carbonyl (C=O) groups is 1. The second-order valence-corrected chi connectivity index (χ2v) is 7.06. The highest BCUT2D eigenvalue weighted by atomic mass is 32.2. The number of halogens is 3. The number of nitrogens with one attached hydrogen (secondary N) is 1. The van der Waals surface area contributed by atoms with Crippen molar-refractivity contribution in [3.8, 4) is 5.69 Å². The summed E-state index contributed by atoms with van der Waals surface area (Å²) in [6.45, 7) is -0.153. The van der Waals surface area contributed by atoms with Gasteiger partial charge in [0.05, 0.1) is 11.4 Å². The molecule has 0 aliphatic heterocycles. The number of carbonyl (C=O) groups excluding carboxylic acids is 1. The van der Waals surface area contributed by atoms with E-state index in [4.69, 9.17) is 4.74 Å². The van der Waals surface area contributed by atoms with Gasteiger partial charge in [-0.15, -0.1) is 0 Å². The van der Waals surface area contributed by atoms with E-state index >= 15 is 0 Å². The molecule has 0 atom stereocenters. The average Bonchev–Trinajstić information content (AvgIpc) is 2.94. The Bertz CT molecular complexity index is 1040. The summed E-state index contributed by atoms with van der Waals surface area (Å²) in [4.78, 5) is 24.2. The molecule has 152 valence electrons. The number of amides is 1. The Kier molecular flexibility index (Phi) is 6.02. The van der Waals surface area contributed by atoms with Gasteiger partial charge in [-0.05, 0) is 48.2 Å². The number of para-hydroxylation sites is 1. The molecule has 29 heavy (non-hydrogen) atoms. The van der Waals surface area contributed by atoms with Crippen molar-refractivity contribution in [2.45, 2.75) is 17.0 Å². The van der Waals surface area contributed by atoms with Crippen LogP contribution in [0.3, 0.4) is 0 Å². The van der Waals surface area contributed by atoms with Crippen molar-refractivity contribution in [2.75, 3.05) is 5.32 Å². The van der Waals surface area contributed by atoms with Crippen LogP contribution in [0.5, 0.6) is 0 Å². The van der Waals surface area contributed by atoms with E-state index in [0.717, 1.165) is 0 Å². The maximum atomic E-state index is 12.3. The van der Waals surface area contributed by atoms with Gasteiger partial charge in [-0.25, -0.2) is 9.48 Å². The van der Waals surface area contributed by atoms with Crippen LogP contribution in [0.4, 0.5) is 23.7 Å². The van der Waals surface area contributed by atoms with E-state index in [0.29, 0.717) is 11.4 Å². The SMILES string of the molecule is Cn1c(COC(=O)Nc2ccc(SC(F)(F)F)cc2)cc(=O)n1-c1ccccc1. The van der Waals surface area contributed by atoms with Crippen LogP contribution >= 0.6 is 11.8 Å². The third-order valence-electron chi connectivity index (χ3n) is 3.90. The second-order valence-electron chi connectivity index (χ2n) is 5.92. The van der Waals surface area contributed by atoms with E-state index in [1.807, 2.05) is 6.07 Å². The zero-order chi connectivity index (χ0) is 21.0. The smallest absolute Gasteiger partial charge is 0.443 e. The summed E-state index contributed by atoms with van der Waals surface area (Å²) >= 11 is -0.239. The molecule has 0 saturated carbocycles. The fourth-order valence-electron chi connectivity index (χ4n) is 2.61. The third-order valence-corrected chi connectivity index (χ3v) is 4.64. The zero-order valence-electron chi connectivity index (χ0n) is 15.1. The molecule has 10 heteroatoms. The Hall–Kier alpha value is -3.14.